The number of amides is 1. The van der Waals surface area contributed by atoms with E-state index in [0.717, 1.165) is 15.6 Å². The van der Waals surface area contributed by atoms with Crippen LogP contribution in [0.15, 0.2) is 82.4 Å². The Morgan fingerprint density at radius 1 is 1.04 bits per heavy atom. The number of hydrogen-bond donors (Lipinski definition) is 1. The van der Waals surface area contributed by atoms with E-state index in [4.69, 9.17) is 16.3 Å². The van der Waals surface area contributed by atoms with Gasteiger partial charge in [-0.3, -0.25) is 4.79 Å². The number of benzene rings is 3. The Morgan fingerprint density at radius 3 is 2.52 bits per heavy atom. The van der Waals surface area contributed by atoms with Gasteiger partial charge in [0, 0.05) is 26.2 Å². The van der Waals surface area contributed by atoms with E-state index in [0.29, 0.717) is 22.9 Å². The summed E-state index contributed by atoms with van der Waals surface area (Å²) in [6.45, 7) is 0.343. The third kappa shape index (κ3) is 5.42. The highest BCUT2D eigenvalue weighted by atomic mass is 79.9. The van der Waals surface area contributed by atoms with Gasteiger partial charge in [-0.25, -0.2) is 5.43 Å². The van der Waals surface area contributed by atoms with E-state index in [1.807, 2.05) is 48.5 Å². The summed E-state index contributed by atoms with van der Waals surface area (Å²) < 4.78 is 6.78. The second-order valence-corrected chi connectivity index (χ2v) is 6.95. The summed E-state index contributed by atoms with van der Waals surface area (Å²) in [6.07, 6.45) is 1.55. The molecule has 0 bridgehead atoms. The van der Waals surface area contributed by atoms with Crippen molar-refractivity contribution in [2.45, 2.75) is 6.61 Å². The fourth-order valence-electron chi connectivity index (χ4n) is 2.32. The van der Waals surface area contributed by atoms with Crippen LogP contribution < -0.4 is 10.2 Å². The monoisotopic (exact) mass is 442 g/mol. The zero-order chi connectivity index (χ0) is 19.1. The predicted molar refractivity (Wildman–Crippen MR) is 111 cm³/mol. The third-order valence-electron chi connectivity index (χ3n) is 3.74. The Hall–Kier alpha value is -2.63. The van der Waals surface area contributed by atoms with Crippen molar-refractivity contribution in [3.63, 3.8) is 0 Å². The molecule has 0 aliphatic heterocycles. The van der Waals surface area contributed by atoms with E-state index < -0.39 is 0 Å². The molecule has 0 heterocycles. The molecule has 3 aromatic rings. The van der Waals surface area contributed by atoms with E-state index in [-0.39, 0.29) is 5.91 Å². The van der Waals surface area contributed by atoms with Crippen LogP contribution in [-0.2, 0) is 6.61 Å². The van der Waals surface area contributed by atoms with Gasteiger partial charge in [0.25, 0.3) is 5.91 Å². The summed E-state index contributed by atoms with van der Waals surface area (Å²) in [7, 11) is 0. The molecule has 0 spiro atoms. The van der Waals surface area contributed by atoms with Gasteiger partial charge in [-0.05, 0) is 42.5 Å². The number of carbonyl (C=O) groups is 1. The van der Waals surface area contributed by atoms with Crippen molar-refractivity contribution in [1.82, 2.24) is 5.43 Å². The standard InChI is InChI=1S/C21H16BrClN2O2/c22-18-11-9-15(10-12-18)21(26)25-24-13-16-5-2-4-8-20(16)27-14-17-6-1-3-7-19(17)23/h1-13H,14H2,(H,25,26). The number of para-hydroxylation sites is 1. The van der Waals surface area contributed by atoms with Crippen molar-refractivity contribution in [3.05, 3.63) is 99.0 Å². The number of carbonyl (C=O) groups excluding carboxylic acids is 1. The Balaban J connectivity index is 1.65. The van der Waals surface area contributed by atoms with Gasteiger partial charge in [-0.2, -0.15) is 5.10 Å². The second kappa shape index (κ2) is 9.35. The van der Waals surface area contributed by atoms with Crippen LogP contribution in [-0.4, -0.2) is 12.1 Å². The fraction of sp³-hybridized carbons (Fsp3) is 0.0476. The lowest BCUT2D eigenvalue weighted by molar-refractivity contribution is 0.0955. The van der Waals surface area contributed by atoms with Gasteiger partial charge >= 0.3 is 0 Å². The van der Waals surface area contributed by atoms with Crippen LogP contribution in [0, 0.1) is 0 Å². The lowest BCUT2D eigenvalue weighted by atomic mass is 10.2. The summed E-state index contributed by atoms with van der Waals surface area (Å²) in [5.74, 6) is 0.368. The quantitative estimate of drug-likeness (QED) is 0.407. The average Bonchev–Trinajstić information content (AvgIpc) is 2.69. The molecular formula is C21H16BrClN2O2. The van der Waals surface area contributed by atoms with Crippen LogP contribution in [0.5, 0.6) is 5.75 Å². The number of halogens is 2. The van der Waals surface area contributed by atoms with Crippen molar-refractivity contribution in [3.8, 4) is 5.75 Å². The minimum Gasteiger partial charge on any atom is -0.488 e. The van der Waals surface area contributed by atoms with Crippen LogP contribution in [0.3, 0.4) is 0 Å². The molecule has 27 heavy (non-hydrogen) atoms. The third-order valence-corrected chi connectivity index (χ3v) is 4.63. The lowest BCUT2D eigenvalue weighted by Gasteiger charge is -2.10. The van der Waals surface area contributed by atoms with Crippen LogP contribution in [0.25, 0.3) is 0 Å². The predicted octanol–water partition coefficient (Wildman–Crippen LogP) is 5.45. The van der Waals surface area contributed by atoms with Crippen molar-refractivity contribution in [2.75, 3.05) is 0 Å². The van der Waals surface area contributed by atoms with Crippen LogP contribution in [0.2, 0.25) is 5.02 Å². The van der Waals surface area contributed by atoms with Gasteiger partial charge in [0.15, 0.2) is 0 Å². The summed E-state index contributed by atoms with van der Waals surface area (Å²) in [5, 5.41) is 4.69. The van der Waals surface area contributed by atoms with Gasteiger partial charge in [-0.15, -0.1) is 0 Å². The molecule has 1 N–H and O–H groups in total. The molecule has 0 aromatic heterocycles. The Kier molecular flexibility index (Phi) is 6.63. The molecule has 0 aliphatic rings. The zero-order valence-electron chi connectivity index (χ0n) is 14.2. The first-order chi connectivity index (χ1) is 13.1. The van der Waals surface area contributed by atoms with Crippen molar-refractivity contribution < 1.29 is 9.53 Å². The number of ether oxygens (including phenoxy) is 1. The van der Waals surface area contributed by atoms with Gasteiger partial charge in [0.2, 0.25) is 0 Å². The lowest BCUT2D eigenvalue weighted by Crippen LogP contribution is -2.17. The molecule has 4 nitrogen and oxygen atoms in total. The van der Waals surface area contributed by atoms with E-state index >= 15 is 0 Å². The van der Waals surface area contributed by atoms with Gasteiger partial charge < -0.3 is 4.74 Å². The van der Waals surface area contributed by atoms with Crippen LogP contribution >= 0.6 is 27.5 Å². The number of hydrogen-bond acceptors (Lipinski definition) is 3. The first-order valence-electron chi connectivity index (χ1n) is 8.17. The molecule has 3 aromatic carbocycles. The molecule has 0 radical (unpaired) electrons. The van der Waals surface area contributed by atoms with Gasteiger partial charge in [0.05, 0.1) is 6.21 Å². The highest BCUT2D eigenvalue weighted by Crippen LogP contribution is 2.21. The van der Waals surface area contributed by atoms with E-state index in [9.17, 15) is 4.79 Å². The number of rotatable bonds is 6. The van der Waals surface area contributed by atoms with Crippen molar-refractivity contribution in [2.24, 2.45) is 5.10 Å². The first-order valence-corrected chi connectivity index (χ1v) is 9.35. The van der Waals surface area contributed by atoms with E-state index in [2.05, 4.69) is 26.5 Å². The molecule has 6 heteroatoms. The summed E-state index contributed by atoms with van der Waals surface area (Å²) in [5.41, 5.74) is 4.69. The highest BCUT2D eigenvalue weighted by molar-refractivity contribution is 9.10. The molecule has 0 saturated heterocycles. The maximum atomic E-state index is 12.1. The molecule has 0 atom stereocenters. The minimum absolute atomic E-state index is 0.284. The summed E-state index contributed by atoms with van der Waals surface area (Å²) in [6, 6.07) is 22.0. The van der Waals surface area contributed by atoms with Crippen molar-refractivity contribution >= 4 is 39.7 Å². The normalized spacial score (nSPS) is 10.7. The van der Waals surface area contributed by atoms with E-state index in [1.54, 1.807) is 30.5 Å². The molecule has 0 saturated carbocycles. The molecule has 1 amide bonds. The molecule has 3 rings (SSSR count). The average molecular weight is 444 g/mol. The molecule has 0 unspecified atom stereocenters. The molecular weight excluding hydrogens is 428 g/mol. The second-order valence-electron chi connectivity index (χ2n) is 5.62. The molecule has 0 fully saturated rings. The molecule has 136 valence electrons. The Labute approximate surface area is 171 Å². The van der Waals surface area contributed by atoms with Gasteiger partial charge in [0.1, 0.15) is 12.4 Å². The fourth-order valence-corrected chi connectivity index (χ4v) is 2.77. The first kappa shape index (κ1) is 19.1. The summed E-state index contributed by atoms with van der Waals surface area (Å²) in [4.78, 5) is 12.1. The largest absolute Gasteiger partial charge is 0.488 e. The number of hydrazone groups is 1. The maximum absolute atomic E-state index is 12.1. The highest BCUT2D eigenvalue weighted by Gasteiger charge is 2.05. The minimum atomic E-state index is -0.284. The number of nitrogens with one attached hydrogen (secondary N) is 1. The van der Waals surface area contributed by atoms with Crippen LogP contribution in [0.1, 0.15) is 21.5 Å². The Morgan fingerprint density at radius 2 is 1.74 bits per heavy atom. The number of nitrogens with zero attached hydrogens (tertiary/aromatic N) is 1. The van der Waals surface area contributed by atoms with E-state index in [1.165, 1.54) is 0 Å². The smallest absolute Gasteiger partial charge is 0.271 e. The molecule has 0 aliphatic carbocycles. The Bertz CT molecular complexity index is 958. The SMILES string of the molecule is O=C(NN=Cc1ccccc1OCc1ccccc1Cl)c1ccc(Br)cc1. The topological polar surface area (TPSA) is 50.7 Å². The van der Waals surface area contributed by atoms with Crippen LogP contribution in [0.4, 0.5) is 0 Å². The zero-order valence-corrected chi connectivity index (χ0v) is 16.6. The maximum Gasteiger partial charge on any atom is 0.271 e. The van der Waals surface area contributed by atoms with Gasteiger partial charge in [-0.1, -0.05) is 57.9 Å². The summed E-state index contributed by atoms with van der Waals surface area (Å²) >= 11 is 9.50. The van der Waals surface area contributed by atoms with Crippen molar-refractivity contribution in [1.29, 1.82) is 0 Å².